The Morgan fingerprint density at radius 2 is 1.83 bits per heavy atom. The number of fused-ring (bicyclic) bond motifs is 1. The highest BCUT2D eigenvalue weighted by atomic mass is 32.2. The van der Waals surface area contributed by atoms with E-state index >= 15 is 0 Å². The number of H-pyrrole nitrogens is 1. The number of hydrogen-bond donors (Lipinski definition) is 2. The first-order valence-electron chi connectivity index (χ1n) is 11.6. The van der Waals surface area contributed by atoms with Crippen molar-refractivity contribution in [2.75, 3.05) is 19.4 Å². The van der Waals surface area contributed by atoms with Crippen LogP contribution in [0.3, 0.4) is 0 Å². The lowest BCUT2D eigenvalue weighted by molar-refractivity contribution is -0.118. The number of methoxy groups -OCH3 is 1. The molecule has 0 radical (unpaired) electrons. The Balaban J connectivity index is 1.27. The summed E-state index contributed by atoms with van der Waals surface area (Å²) in [6.07, 6.45) is 2.03. The number of nitrogens with one attached hydrogen (secondary N) is 2. The van der Waals surface area contributed by atoms with Crippen LogP contribution < -0.4 is 10.1 Å². The molecule has 0 fully saturated rings. The van der Waals surface area contributed by atoms with Crippen molar-refractivity contribution in [3.05, 3.63) is 102 Å². The molecular formula is C27H26N6O2S. The van der Waals surface area contributed by atoms with Gasteiger partial charge >= 0.3 is 0 Å². The molecule has 1 atom stereocenters. The van der Waals surface area contributed by atoms with Gasteiger partial charge in [0.2, 0.25) is 11.1 Å². The van der Waals surface area contributed by atoms with E-state index in [2.05, 4.69) is 38.0 Å². The normalized spacial score (nSPS) is 11.9. The van der Waals surface area contributed by atoms with Gasteiger partial charge in [0.15, 0.2) is 0 Å². The Kier molecular flexibility index (Phi) is 7.28. The second-order valence-corrected chi connectivity index (χ2v) is 9.26. The van der Waals surface area contributed by atoms with Gasteiger partial charge < -0.3 is 15.0 Å². The van der Waals surface area contributed by atoms with E-state index in [0.717, 1.165) is 33.3 Å². The summed E-state index contributed by atoms with van der Waals surface area (Å²) in [6, 6.07) is 26.1. The first-order valence-corrected chi connectivity index (χ1v) is 12.6. The molecule has 0 aliphatic rings. The van der Waals surface area contributed by atoms with E-state index in [4.69, 9.17) is 4.74 Å². The second-order valence-electron chi connectivity index (χ2n) is 8.31. The van der Waals surface area contributed by atoms with E-state index in [1.807, 2.05) is 72.9 Å². The van der Waals surface area contributed by atoms with E-state index in [1.54, 1.807) is 11.8 Å². The summed E-state index contributed by atoms with van der Waals surface area (Å²) in [5.41, 5.74) is 4.39. The SMILES string of the molecule is COc1ccc(C(CNC(=O)CSc2nnnn2Cc2ccccc2)c2c[nH]c3ccccc23)cc1. The van der Waals surface area contributed by atoms with Crippen LogP contribution in [0.2, 0.25) is 0 Å². The third kappa shape index (κ3) is 5.41. The van der Waals surface area contributed by atoms with Crippen LogP contribution in [-0.2, 0) is 11.3 Å². The van der Waals surface area contributed by atoms with Gasteiger partial charge in [-0.2, -0.15) is 0 Å². The van der Waals surface area contributed by atoms with Crippen molar-refractivity contribution in [2.24, 2.45) is 0 Å². The summed E-state index contributed by atoms with van der Waals surface area (Å²) in [5, 5.41) is 16.8. The Labute approximate surface area is 213 Å². The molecule has 1 amide bonds. The fourth-order valence-corrected chi connectivity index (χ4v) is 4.88. The van der Waals surface area contributed by atoms with Gasteiger partial charge in [-0.1, -0.05) is 72.4 Å². The molecule has 0 saturated heterocycles. The molecule has 182 valence electrons. The van der Waals surface area contributed by atoms with Crippen LogP contribution in [0.25, 0.3) is 10.9 Å². The van der Waals surface area contributed by atoms with Crippen LogP contribution in [0.5, 0.6) is 5.75 Å². The summed E-state index contributed by atoms with van der Waals surface area (Å²) in [6.45, 7) is 1.01. The van der Waals surface area contributed by atoms with Gasteiger partial charge in [0.25, 0.3) is 0 Å². The number of aromatic nitrogens is 5. The molecule has 8 nitrogen and oxygen atoms in total. The van der Waals surface area contributed by atoms with Crippen LogP contribution in [0.15, 0.2) is 90.2 Å². The van der Waals surface area contributed by atoms with Crippen molar-refractivity contribution in [1.29, 1.82) is 0 Å². The Morgan fingerprint density at radius 1 is 1.06 bits per heavy atom. The standard InChI is InChI=1S/C27H26N6O2S/c1-35-21-13-11-20(12-14-21)23(24-16-28-25-10-6-5-9-22(24)25)15-29-26(34)18-36-27-30-31-32-33(27)17-19-7-3-2-4-8-19/h2-14,16,23,28H,15,17-18H2,1H3,(H,29,34). The molecule has 36 heavy (non-hydrogen) atoms. The number of hydrogen-bond acceptors (Lipinski definition) is 6. The highest BCUT2D eigenvalue weighted by molar-refractivity contribution is 7.99. The van der Waals surface area contributed by atoms with Crippen molar-refractivity contribution in [3.63, 3.8) is 0 Å². The fourth-order valence-electron chi connectivity index (χ4n) is 4.18. The van der Waals surface area contributed by atoms with Crippen LogP contribution in [-0.4, -0.2) is 50.5 Å². The van der Waals surface area contributed by atoms with Gasteiger partial charge in [-0.15, -0.1) is 5.10 Å². The largest absolute Gasteiger partial charge is 0.497 e. The predicted octanol–water partition coefficient (Wildman–Crippen LogP) is 4.25. The zero-order chi connectivity index (χ0) is 24.7. The lowest BCUT2D eigenvalue weighted by Gasteiger charge is -2.18. The lowest BCUT2D eigenvalue weighted by atomic mass is 9.91. The second kappa shape index (κ2) is 11.1. The maximum absolute atomic E-state index is 12.8. The van der Waals surface area contributed by atoms with Gasteiger partial charge in [0, 0.05) is 29.6 Å². The molecule has 2 heterocycles. The van der Waals surface area contributed by atoms with E-state index in [0.29, 0.717) is 18.2 Å². The molecule has 9 heteroatoms. The number of para-hydroxylation sites is 1. The maximum atomic E-state index is 12.8. The Morgan fingerprint density at radius 3 is 2.64 bits per heavy atom. The van der Waals surface area contributed by atoms with Crippen LogP contribution in [0.1, 0.15) is 22.6 Å². The molecular weight excluding hydrogens is 472 g/mol. The van der Waals surface area contributed by atoms with Gasteiger partial charge in [0.05, 0.1) is 19.4 Å². The summed E-state index contributed by atoms with van der Waals surface area (Å²) >= 11 is 1.33. The molecule has 1 unspecified atom stereocenters. The average Bonchev–Trinajstić information content (AvgIpc) is 3.55. The number of thioether (sulfide) groups is 1. The average molecular weight is 499 g/mol. The first kappa shape index (κ1) is 23.6. The minimum atomic E-state index is -0.0763. The summed E-state index contributed by atoms with van der Waals surface area (Å²) in [7, 11) is 1.65. The van der Waals surface area contributed by atoms with Crippen LogP contribution in [0, 0.1) is 0 Å². The molecule has 0 aliphatic heterocycles. The van der Waals surface area contributed by atoms with E-state index in [1.165, 1.54) is 11.8 Å². The van der Waals surface area contributed by atoms with Crippen molar-refractivity contribution < 1.29 is 9.53 Å². The Bertz CT molecular complexity index is 1430. The van der Waals surface area contributed by atoms with E-state index in [9.17, 15) is 4.79 Å². The fraction of sp³-hybridized carbons (Fsp3) is 0.185. The van der Waals surface area contributed by atoms with Crippen molar-refractivity contribution in [3.8, 4) is 5.75 Å². The third-order valence-electron chi connectivity index (χ3n) is 6.02. The topological polar surface area (TPSA) is 97.7 Å². The molecule has 3 aromatic carbocycles. The molecule has 0 bridgehead atoms. The molecule has 5 rings (SSSR count). The van der Waals surface area contributed by atoms with Gasteiger partial charge in [-0.3, -0.25) is 4.79 Å². The monoisotopic (exact) mass is 498 g/mol. The first-order chi connectivity index (χ1) is 17.7. The van der Waals surface area contributed by atoms with Gasteiger partial charge in [0.1, 0.15) is 5.75 Å². The zero-order valence-electron chi connectivity index (χ0n) is 19.8. The lowest BCUT2D eigenvalue weighted by Crippen LogP contribution is -2.30. The number of ether oxygens (including phenoxy) is 1. The molecule has 5 aromatic rings. The molecule has 0 spiro atoms. The van der Waals surface area contributed by atoms with E-state index in [-0.39, 0.29) is 17.6 Å². The highest BCUT2D eigenvalue weighted by Gasteiger charge is 2.20. The quantitative estimate of drug-likeness (QED) is 0.279. The van der Waals surface area contributed by atoms with Gasteiger partial charge in [-0.25, -0.2) is 4.68 Å². The number of carbonyl (C=O) groups is 1. The van der Waals surface area contributed by atoms with Crippen LogP contribution >= 0.6 is 11.8 Å². The number of tetrazole rings is 1. The number of aromatic amines is 1. The Hall–Kier alpha value is -4.11. The molecule has 0 aliphatic carbocycles. The summed E-state index contributed by atoms with van der Waals surface area (Å²) in [5.74, 6) is 0.917. The minimum absolute atomic E-state index is 0.0237. The van der Waals surface area contributed by atoms with Crippen molar-refractivity contribution in [1.82, 2.24) is 30.5 Å². The van der Waals surface area contributed by atoms with Crippen molar-refractivity contribution >= 4 is 28.6 Å². The highest BCUT2D eigenvalue weighted by Crippen LogP contribution is 2.31. The number of benzene rings is 3. The van der Waals surface area contributed by atoms with Crippen LogP contribution in [0.4, 0.5) is 0 Å². The van der Waals surface area contributed by atoms with E-state index < -0.39 is 0 Å². The maximum Gasteiger partial charge on any atom is 0.230 e. The van der Waals surface area contributed by atoms with Crippen molar-refractivity contribution in [2.45, 2.75) is 17.6 Å². The third-order valence-corrected chi connectivity index (χ3v) is 6.98. The summed E-state index contributed by atoms with van der Waals surface area (Å²) in [4.78, 5) is 16.2. The number of amides is 1. The van der Waals surface area contributed by atoms with Gasteiger partial charge in [-0.05, 0) is 45.3 Å². The molecule has 2 N–H and O–H groups in total. The molecule has 2 aromatic heterocycles. The smallest absolute Gasteiger partial charge is 0.230 e. The molecule has 0 saturated carbocycles. The minimum Gasteiger partial charge on any atom is -0.497 e. The predicted molar refractivity (Wildman–Crippen MR) is 140 cm³/mol. The number of carbonyl (C=O) groups excluding carboxylic acids is 1. The summed E-state index contributed by atoms with van der Waals surface area (Å²) < 4.78 is 7.03. The number of rotatable bonds is 10. The number of nitrogens with zero attached hydrogens (tertiary/aromatic N) is 4. The zero-order valence-corrected chi connectivity index (χ0v) is 20.6.